The SMILES string of the molecule is COc1ccc(NC(=O)Nc2ccc(C(C)=O)cc2)cc1Cl. The fraction of sp³-hybridized carbons (Fsp3) is 0.125. The minimum Gasteiger partial charge on any atom is -0.495 e. The maximum atomic E-state index is 11.9. The summed E-state index contributed by atoms with van der Waals surface area (Å²) in [4.78, 5) is 23.1. The number of urea groups is 1. The lowest BCUT2D eigenvalue weighted by Gasteiger charge is -2.09. The number of halogens is 1. The summed E-state index contributed by atoms with van der Waals surface area (Å²) in [6, 6.07) is 11.2. The van der Waals surface area contributed by atoms with Crippen molar-refractivity contribution in [2.45, 2.75) is 6.92 Å². The van der Waals surface area contributed by atoms with E-state index in [9.17, 15) is 9.59 Å². The smallest absolute Gasteiger partial charge is 0.323 e. The van der Waals surface area contributed by atoms with E-state index in [2.05, 4.69) is 10.6 Å². The van der Waals surface area contributed by atoms with Gasteiger partial charge in [0.1, 0.15) is 5.75 Å². The van der Waals surface area contributed by atoms with Gasteiger partial charge in [0.25, 0.3) is 0 Å². The topological polar surface area (TPSA) is 67.4 Å². The number of nitrogens with one attached hydrogen (secondary N) is 2. The quantitative estimate of drug-likeness (QED) is 0.830. The number of carbonyl (C=O) groups is 2. The van der Waals surface area contributed by atoms with E-state index < -0.39 is 6.03 Å². The molecule has 0 unspecified atom stereocenters. The number of rotatable bonds is 4. The molecule has 0 aliphatic heterocycles. The van der Waals surface area contributed by atoms with Crippen molar-refractivity contribution < 1.29 is 14.3 Å². The average Bonchev–Trinajstić information content (AvgIpc) is 2.48. The van der Waals surface area contributed by atoms with Crippen LogP contribution >= 0.6 is 11.6 Å². The Labute approximate surface area is 133 Å². The van der Waals surface area contributed by atoms with Crippen LogP contribution < -0.4 is 15.4 Å². The number of Topliss-reactive ketones (excluding diaryl/α,β-unsaturated/α-hetero) is 1. The molecule has 5 nitrogen and oxygen atoms in total. The highest BCUT2D eigenvalue weighted by molar-refractivity contribution is 6.32. The summed E-state index contributed by atoms with van der Waals surface area (Å²) >= 11 is 5.99. The Kier molecular flexibility index (Phi) is 5.01. The van der Waals surface area contributed by atoms with Crippen molar-refractivity contribution in [2.24, 2.45) is 0 Å². The molecule has 114 valence electrons. The van der Waals surface area contributed by atoms with E-state index in [1.54, 1.807) is 42.5 Å². The van der Waals surface area contributed by atoms with E-state index >= 15 is 0 Å². The molecule has 2 aromatic carbocycles. The molecule has 0 bridgehead atoms. The highest BCUT2D eigenvalue weighted by Gasteiger charge is 2.06. The second-order valence-electron chi connectivity index (χ2n) is 4.56. The number of benzene rings is 2. The molecule has 0 heterocycles. The van der Waals surface area contributed by atoms with Crippen molar-refractivity contribution in [2.75, 3.05) is 17.7 Å². The second-order valence-corrected chi connectivity index (χ2v) is 4.97. The molecular weight excluding hydrogens is 304 g/mol. The molecule has 0 radical (unpaired) electrons. The lowest BCUT2D eigenvalue weighted by molar-refractivity contribution is 0.101. The molecule has 0 saturated carbocycles. The molecule has 2 rings (SSSR count). The minimum absolute atomic E-state index is 0.0242. The predicted molar refractivity (Wildman–Crippen MR) is 87.1 cm³/mol. The van der Waals surface area contributed by atoms with E-state index in [-0.39, 0.29) is 5.78 Å². The fourth-order valence-electron chi connectivity index (χ4n) is 1.83. The molecule has 22 heavy (non-hydrogen) atoms. The zero-order valence-corrected chi connectivity index (χ0v) is 12.9. The van der Waals surface area contributed by atoms with Gasteiger partial charge in [0.05, 0.1) is 12.1 Å². The lowest BCUT2D eigenvalue weighted by Crippen LogP contribution is -2.19. The van der Waals surface area contributed by atoms with Crippen LogP contribution in [-0.2, 0) is 0 Å². The molecular formula is C16H15ClN2O3. The molecule has 0 fully saturated rings. The van der Waals surface area contributed by atoms with E-state index in [0.29, 0.717) is 27.7 Å². The Bertz CT molecular complexity index is 699. The van der Waals surface area contributed by atoms with Gasteiger partial charge >= 0.3 is 6.03 Å². The standard InChI is InChI=1S/C16H15ClN2O3/c1-10(20)11-3-5-12(6-4-11)18-16(21)19-13-7-8-15(22-2)14(17)9-13/h3-9H,1-2H3,(H2,18,19,21). The van der Waals surface area contributed by atoms with Gasteiger partial charge in [0.15, 0.2) is 5.78 Å². The third kappa shape index (κ3) is 3.99. The number of methoxy groups -OCH3 is 1. The predicted octanol–water partition coefficient (Wildman–Crippen LogP) is 4.20. The van der Waals surface area contributed by atoms with Crippen molar-refractivity contribution >= 4 is 34.8 Å². The van der Waals surface area contributed by atoms with Crippen molar-refractivity contribution in [1.82, 2.24) is 0 Å². The van der Waals surface area contributed by atoms with E-state index in [1.807, 2.05) is 0 Å². The molecule has 0 aromatic heterocycles. The highest BCUT2D eigenvalue weighted by Crippen LogP contribution is 2.27. The van der Waals surface area contributed by atoms with Gasteiger partial charge in [0, 0.05) is 16.9 Å². The zero-order chi connectivity index (χ0) is 16.1. The van der Waals surface area contributed by atoms with Crippen molar-refractivity contribution in [3.05, 3.63) is 53.1 Å². The maximum absolute atomic E-state index is 11.9. The lowest BCUT2D eigenvalue weighted by atomic mass is 10.1. The molecule has 6 heteroatoms. The van der Waals surface area contributed by atoms with Gasteiger partial charge in [0.2, 0.25) is 0 Å². The Balaban J connectivity index is 2.00. The molecule has 0 atom stereocenters. The molecule has 2 N–H and O–H groups in total. The first kappa shape index (κ1) is 15.9. The van der Waals surface area contributed by atoms with Crippen LogP contribution in [0.25, 0.3) is 0 Å². The number of carbonyl (C=O) groups excluding carboxylic acids is 2. The first-order valence-electron chi connectivity index (χ1n) is 6.52. The minimum atomic E-state index is -0.406. The van der Waals surface area contributed by atoms with Gasteiger partial charge in [-0.05, 0) is 49.4 Å². The Morgan fingerprint density at radius 2 is 1.59 bits per heavy atom. The van der Waals surface area contributed by atoms with Crippen LogP contribution in [0.5, 0.6) is 5.75 Å². The van der Waals surface area contributed by atoms with Crippen molar-refractivity contribution in [3.63, 3.8) is 0 Å². The third-order valence-electron chi connectivity index (χ3n) is 2.96. The summed E-state index contributed by atoms with van der Waals surface area (Å²) in [5.74, 6) is 0.510. The molecule has 0 saturated heterocycles. The largest absolute Gasteiger partial charge is 0.495 e. The number of hydrogen-bond acceptors (Lipinski definition) is 3. The summed E-state index contributed by atoms with van der Waals surface area (Å²) < 4.78 is 5.04. The van der Waals surface area contributed by atoms with Gasteiger partial charge in [-0.1, -0.05) is 11.6 Å². The Morgan fingerprint density at radius 1 is 1.00 bits per heavy atom. The number of hydrogen-bond donors (Lipinski definition) is 2. The highest BCUT2D eigenvalue weighted by atomic mass is 35.5. The van der Waals surface area contributed by atoms with Gasteiger partial charge in [-0.25, -0.2) is 4.79 Å². The summed E-state index contributed by atoms with van der Waals surface area (Å²) in [6.07, 6.45) is 0. The summed E-state index contributed by atoms with van der Waals surface area (Å²) in [5, 5.41) is 5.74. The zero-order valence-electron chi connectivity index (χ0n) is 12.1. The van der Waals surface area contributed by atoms with Gasteiger partial charge in [-0.15, -0.1) is 0 Å². The second kappa shape index (κ2) is 6.95. The number of ether oxygens (including phenoxy) is 1. The molecule has 0 spiro atoms. The van der Waals surface area contributed by atoms with Crippen LogP contribution in [0, 0.1) is 0 Å². The Hall–Kier alpha value is -2.53. The van der Waals surface area contributed by atoms with Crippen LogP contribution in [0.4, 0.5) is 16.2 Å². The molecule has 2 amide bonds. The first-order valence-corrected chi connectivity index (χ1v) is 6.90. The number of anilines is 2. The summed E-state index contributed by atoms with van der Waals surface area (Å²) in [6.45, 7) is 1.49. The number of amides is 2. The van der Waals surface area contributed by atoms with Crippen LogP contribution in [0.15, 0.2) is 42.5 Å². The monoisotopic (exact) mass is 318 g/mol. The van der Waals surface area contributed by atoms with Crippen LogP contribution in [0.3, 0.4) is 0 Å². The maximum Gasteiger partial charge on any atom is 0.323 e. The van der Waals surface area contributed by atoms with E-state index in [1.165, 1.54) is 14.0 Å². The molecule has 0 aliphatic carbocycles. The van der Waals surface area contributed by atoms with Crippen molar-refractivity contribution in [3.8, 4) is 5.75 Å². The van der Waals surface area contributed by atoms with Gasteiger partial charge in [-0.2, -0.15) is 0 Å². The van der Waals surface area contributed by atoms with Crippen LogP contribution in [-0.4, -0.2) is 18.9 Å². The van der Waals surface area contributed by atoms with Crippen molar-refractivity contribution in [1.29, 1.82) is 0 Å². The van der Waals surface area contributed by atoms with Crippen LogP contribution in [0.1, 0.15) is 17.3 Å². The first-order chi connectivity index (χ1) is 10.5. The summed E-state index contributed by atoms with van der Waals surface area (Å²) in [7, 11) is 1.52. The normalized spacial score (nSPS) is 9.95. The average molecular weight is 319 g/mol. The van der Waals surface area contributed by atoms with Crippen LogP contribution in [0.2, 0.25) is 5.02 Å². The van der Waals surface area contributed by atoms with E-state index in [0.717, 1.165) is 0 Å². The van der Waals surface area contributed by atoms with Gasteiger partial charge < -0.3 is 15.4 Å². The van der Waals surface area contributed by atoms with Gasteiger partial charge in [-0.3, -0.25) is 4.79 Å². The Morgan fingerprint density at radius 3 is 2.14 bits per heavy atom. The molecule has 0 aliphatic rings. The number of ketones is 1. The third-order valence-corrected chi connectivity index (χ3v) is 3.25. The molecule has 2 aromatic rings. The fourth-order valence-corrected chi connectivity index (χ4v) is 2.08. The van der Waals surface area contributed by atoms with E-state index in [4.69, 9.17) is 16.3 Å². The summed E-state index contributed by atoms with van der Waals surface area (Å²) in [5.41, 5.74) is 1.72.